The van der Waals surface area contributed by atoms with Crippen molar-refractivity contribution in [2.24, 2.45) is 5.92 Å². The van der Waals surface area contributed by atoms with Crippen molar-refractivity contribution in [2.45, 2.75) is 19.4 Å². The highest BCUT2D eigenvalue weighted by molar-refractivity contribution is 7.13. The topological polar surface area (TPSA) is 58.6 Å². The zero-order valence-corrected chi connectivity index (χ0v) is 10.5. The molecule has 1 aliphatic rings. The van der Waals surface area contributed by atoms with Crippen LogP contribution in [0.2, 0.25) is 0 Å². The predicted octanol–water partition coefficient (Wildman–Crippen LogP) is 1.96. The summed E-state index contributed by atoms with van der Waals surface area (Å²) in [5, 5.41) is 12.0. The summed E-state index contributed by atoms with van der Waals surface area (Å²) in [7, 11) is 0. The molecule has 0 radical (unpaired) electrons. The van der Waals surface area contributed by atoms with E-state index in [2.05, 4.69) is 5.32 Å². The van der Waals surface area contributed by atoms with Gasteiger partial charge in [-0.15, -0.1) is 11.3 Å². The minimum absolute atomic E-state index is 0.395. The van der Waals surface area contributed by atoms with E-state index in [-0.39, 0.29) is 0 Å². The van der Waals surface area contributed by atoms with Crippen molar-refractivity contribution in [2.75, 3.05) is 19.8 Å². The molecule has 4 nitrogen and oxygen atoms in total. The lowest BCUT2D eigenvalue weighted by Gasteiger charge is -2.04. The van der Waals surface area contributed by atoms with E-state index in [1.165, 1.54) is 24.2 Å². The van der Waals surface area contributed by atoms with Crippen LogP contribution in [0.4, 0.5) is 0 Å². The van der Waals surface area contributed by atoms with Crippen molar-refractivity contribution in [3.05, 3.63) is 21.9 Å². The van der Waals surface area contributed by atoms with E-state index in [0.717, 1.165) is 30.6 Å². The summed E-state index contributed by atoms with van der Waals surface area (Å²) >= 11 is 1.32. The summed E-state index contributed by atoms with van der Waals surface area (Å²) in [6, 6.07) is 3.50. The van der Waals surface area contributed by atoms with Gasteiger partial charge >= 0.3 is 5.97 Å². The van der Waals surface area contributed by atoms with Crippen LogP contribution >= 0.6 is 11.3 Å². The molecular weight excluding hydrogens is 238 g/mol. The third kappa shape index (κ3) is 4.46. The SMILES string of the molecule is O=C(O)c1ccc(CNCCOCC2CC2)s1. The lowest BCUT2D eigenvalue weighted by Crippen LogP contribution is -2.19. The summed E-state index contributed by atoms with van der Waals surface area (Å²) in [5.41, 5.74) is 0. The third-order valence-corrected chi connectivity index (χ3v) is 3.72. The first kappa shape index (κ1) is 12.5. The molecule has 0 aromatic carbocycles. The first-order chi connectivity index (χ1) is 8.25. The van der Waals surface area contributed by atoms with Gasteiger partial charge in [-0.05, 0) is 30.9 Å². The molecule has 17 heavy (non-hydrogen) atoms. The van der Waals surface area contributed by atoms with Gasteiger partial charge in [0.05, 0.1) is 6.61 Å². The predicted molar refractivity (Wildman–Crippen MR) is 66.5 cm³/mol. The Balaban J connectivity index is 1.55. The van der Waals surface area contributed by atoms with Crippen LogP contribution in [0, 0.1) is 5.92 Å². The van der Waals surface area contributed by atoms with Gasteiger partial charge in [-0.1, -0.05) is 0 Å². The van der Waals surface area contributed by atoms with Gasteiger partial charge in [-0.3, -0.25) is 0 Å². The molecule has 5 heteroatoms. The zero-order valence-electron chi connectivity index (χ0n) is 9.65. The second-order valence-electron chi connectivity index (χ2n) is 4.27. The van der Waals surface area contributed by atoms with Gasteiger partial charge in [-0.2, -0.15) is 0 Å². The third-order valence-electron chi connectivity index (χ3n) is 2.65. The Morgan fingerprint density at radius 2 is 2.35 bits per heavy atom. The van der Waals surface area contributed by atoms with Gasteiger partial charge in [0.1, 0.15) is 4.88 Å². The Morgan fingerprint density at radius 1 is 1.53 bits per heavy atom. The van der Waals surface area contributed by atoms with Crippen molar-refractivity contribution in [1.82, 2.24) is 5.32 Å². The standard InChI is InChI=1S/C12H17NO3S/c14-12(15)11-4-3-10(17-11)7-13-5-6-16-8-9-1-2-9/h3-4,9,13H,1-2,5-8H2,(H,14,15). The van der Waals surface area contributed by atoms with Crippen LogP contribution in [0.25, 0.3) is 0 Å². The zero-order chi connectivity index (χ0) is 12.1. The number of ether oxygens (including phenoxy) is 1. The molecule has 1 aliphatic carbocycles. The summed E-state index contributed by atoms with van der Waals surface area (Å²) in [6.45, 7) is 3.15. The fourth-order valence-corrected chi connectivity index (χ4v) is 2.29. The smallest absolute Gasteiger partial charge is 0.345 e. The monoisotopic (exact) mass is 255 g/mol. The van der Waals surface area contributed by atoms with Gasteiger partial charge in [-0.25, -0.2) is 4.79 Å². The molecule has 0 atom stereocenters. The summed E-state index contributed by atoms with van der Waals surface area (Å²) in [4.78, 5) is 12.1. The molecule has 0 aliphatic heterocycles. The molecule has 1 heterocycles. The Hall–Kier alpha value is -0.910. The number of thiophene rings is 1. The number of rotatable bonds is 8. The minimum atomic E-state index is -0.853. The second-order valence-corrected chi connectivity index (χ2v) is 5.43. The number of hydrogen-bond acceptors (Lipinski definition) is 4. The molecule has 0 unspecified atom stereocenters. The highest BCUT2D eigenvalue weighted by Crippen LogP contribution is 2.28. The number of carbonyl (C=O) groups is 1. The van der Waals surface area contributed by atoms with Gasteiger partial charge in [0.2, 0.25) is 0 Å². The Bertz CT molecular complexity index is 374. The summed E-state index contributed by atoms with van der Waals surface area (Å²) in [6.07, 6.45) is 2.64. The van der Waals surface area contributed by atoms with Gasteiger partial charge < -0.3 is 15.2 Å². The Kier molecular flexibility index (Phi) is 4.53. The van der Waals surface area contributed by atoms with Crippen LogP contribution < -0.4 is 5.32 Å². The minimum Gasteiger partial charge on any atom is -0.477 e. The molecule has 1 aromatic rings. The van der Waals surface area contributed by atoms with Gasteiger partial charge in [0, 0.05) is 24.6 Å². The molecule has 0 amide bonds. The second kappa shape index (κ2) is 6.14. The number of carboxylic acids is 1. The van der Waals surface area contributed by atoms with Crippen molar-refractivity contribution >= 4 is 17.3 Å². The quantitative estimate of drug-likeness (QED) is 0.697. The highest BCUT2D eigenvalue weighted by atomic mass is 32.1. The fraction of sp³-hybridized carbons (Fsp3) is 0.583. The average Bonchev–Trinajstić information content (AvgIpc) is 3.00. The summed E-state index contributed by atoms with van der Waals surface area (Å²) < 4.78 is 5.49. The van der Waals surface area contributed by atoms with Crippen LogP contribution in [-0.4, -0.2) is 30.8 Å². The van der Waals surface area contributed by atoms with E-state index < -0.39 is 5.97 Å². The van der Waals surface area contributed by atoms with E-state index in [9.17, 15) is 4.79 Å². The largest absolute Gasteiger partial charge is 0.477 e. The van der Waals surface area contributed by atoms with Crippen LogP contribution in [0.15, 0.2) is 12.1 Å². The van der Waals surface area contributed by atoms with Crippen LogP contribution in [0.3, 0.4) is 0 Å². The van der Waals surface area contributed by atoms with Crippen molar-refractivity contribution < 1.29 is 14.6 Å². The van der Waals surface area contributed by atoms with E-state index in [4.69, 9.17) is 9.84 Å². The average molecular weight is 255 g/mol. The molecular formula is C12H17NO3S. The van der Waals surface area contributed by atoms with Crippen LogP contribution in [0.5, 0.6) is 0 Å². The molecule has 0 bridgehead atoms. The molecule has 0 saturated heterocycles. The maximum Gasteiger partial charge on any atom is 0.345 e. The lowest BCUT2D eigenvalue weighted by atomic mass is 10.4. The van der Waals surface area contributed by atoms with E-state index >= 15 is 0 Å². The lowest BCUT2D eigenvalue weighted by molar-refractivity contribution is 0.0702. The van der Waals surface area contributed by atoms with Crippen LogP contribution in [0.1, 0.15) is 27.4 Å². The van der Waals surface area contributed by atoms with Crippen molar-refractivity contribution in [1.29, 1.82) is 0 Å². The van der Waals surface area contributed by atoms with Gasteiger partial charge in [0.15, 0.2) is 0 Å². The maximum absolute atomic E-state index is 10.7. The molecule has 94 valence electrons. The van der Waals surface area contributed by atoms with E-state index in [0.29, 0.717) is 11.4 Å². The molecule has 1 fully saturated rings. The Morgan fingerprint density at radius 3 is 3.00 bits per heavy atom. The molecule has 1 aromatic heterocycles. The van der Waals surface area contributed by atoms with E-state index in [1.807, 2.05) is 6.07 Å². The molecule has 1 saturated carbocycles. The Labute approximate surface area is 105 Å². The van der Waals surface area contributed by atoms with Crippen molar-refractivity contribution in [3.63, 3.8) is 0 Å². The number of nitrogens with one attached hydrogen (secondary N) is 1. The normalized spacial score (nSPS) is 15.1. The fourth-order valence-electron chi connectivity index (χ4n) is 1.48. The van der Waals surface area contributed by atoms with Gasteiger partial charge in [0.25, 0.3) is 0 Å². The first-order valence-corrected chi connectivity index (χ1v) is 6.68. The summed E-state index contributed by atoms with van der Waals surface area (Å²) in [5.74, 6) is -0.0422. The number of hydrogen-bond donors (Lipinski definition) is 2. The first-order valence-electron chi connectivity index (χ1n) is 5.86. The maximum atomic E-state index is 10.7. The highest BCUT2D eigenvalue weighted by Gasteiger charge is 2.20. The van der Waals surface area contributed by atoms with Crippen molar-refractivity contribution in [3.8, 4) is 0 Å². The number of carboxylic acid groups (broad SMARTS) is 1. The molecule has 2 rings (SSSR count). The van der Waals surface area contributed by atoms with Crippen LogP contribution in [-0.2, 0) is 11.3 Å². The molecule has 2 N–H and O–H groups in total. The number of aromatic carboxylic acids is 1. The molecule has 0 spiro atoms. The van der Waals surface area contributed by atoms with E-state index in [1.54, 1.807) is 6.07 Å².